The van der Waals surface area contributed by atoms with Crippen LogP contribution < -0.4 is 10.6 Å². The van der Waals surface area contributed by atoms with Crippen LogP contribution in [0.3, 0.4) is 0 Å². The van der Waals surface area contributed by atoms with Crippen molar-refractivity contribution < 1.29 is 9.72 Å². The third-order valence-electron chi connectivity index (χ3n) is 2.27. The molecular formula is C11H17N3O3S. The average molecular weight is 271 g/mol. The van der Waals surface area contributed by atoms with E-state index in [9.17, 15) is 14.9 Å². The van der Waals surface area contributed by atoms with Crippen molar-refractivity contribution in [2.24, 2.45) is 5.92 Å². The Balaban J connectivity index is 2.18. The highest BCUT2D eigenvalue weighted by molar-refractivity contribution is 7.13. The smallest absolute Gasteiger partial charge is 0.324 e. The molecular weight excluding hydrogens is 254 g/mol. The fourth-order valence-electron chi connectivity index (χ4n) is 1.26. The molecule has 2 N–H and O–H groups in total. The monoisotopic (exact) mass is 271 g/mol. The lowest BCUT2D eigenvalue weighted by molar-refractivity contribution is -0.380. The normalized spacial score (nSPS) is 10.6. The summed E-state index contributed by atoms with van der Waals surface area (Å²) in [6.45, 7) is 5.45. The van der Waals surface area contributed by atoms with Gasteiger partial charge in [-0.25, -0.2) is 0 Å². The predicted molar refractivity (Wildman–Crippen MR) is 70.5 cm³/mol. The number of nitrogens with zero attached hydrogens (tertiary/aromatic N) is 1. The molecule has 0 aromatic carbocycles. The summed E-state index contributed by atoms with van der Waals surface area (Å²) in [5, 5.41) is 18.3. The van der Waals surface area contributed by atoms with Crippen LogP contribution in [0.25, 0.3) is 0 Å². The van der Waals surface area contributed by atoms with Gasteiger partial charge in [0.1, 0.15) is 0 Å². The molecule has 0 aliphatic heterocycles. The summed E-state index contributed by atoms with van der Waals surface area (Å²) < 4.78 is 0. The zero-order valence-electron chi connectivity index (χ0n) is 10.4. The third-order valence-corrected chi connectivity index (χ3v) is 3.20. The quantitative estimate of drug-likeness (QED) is 0.447. The van der Waals surface area contributed by atoms with E-state index in [2.05, 4.69) is 10.6 Å². The predicted octanol–water partition coefficient (Wildman–Crippen LogP) is 1.52. The molecule has 0 atom stereocenters. The number of hydrogen-bond acceptors (Lipinski definition) is 5. The van der Waals surface area contributed by atoms with Gasteiger partial charge in [0.25, 0.3) is 0 Å². The molecule has 1 amide bonds. The van der Waals surface area contributed by atoms with Crippen LogP contribution in [0, 0.1) is 16.0 Å². The van der Waals surface area contributed by atoms with Gasteiger partial charge in [0.2, 0.25) is 5.91 Å². The molecule has 7 heteroatoms. The second-order valence-corrected chi connectivity index (χ2v) is 5.06. The van der Waals surface area contributed by atoms with Crippen molar-refractivity contribution in [2.75, 3.05) is 13.1 Å². The minimum Gasteiger partial charge on any atom is -0.355 e. The number of thiophene rings is 1. The van der Waals surface area contributed by atoms with Gasteiger partial charge >= 0.3 is 5.00 Å². The molecule has 0 aliphatic rings. The van der Waals surface area contributed by atoms with Crippen molar-refractivity contribution in [3.05, 3.63) is 27.1 Å². The Hall–Kier alpha value is -1.47. The summed E-state index contributed by atoms with van der Waals surface area (Å²) in [5.74, 6) is 0.0208. The van der Waals surface area contributed by atoms with E-state index in [1.54, 1.807) is 11.4 Å². The summed E-state index contributed by atoms with van der Waals surface area (Å²) in [5.41, 5.74) is 0.891. The molecule has 0 saturated carbocycles. The number of carbonyl (C=O) groups excluding carboxylic acids is 1. The molecule has 1 rings (SSSR count). The average Bonchev–Trinajstić information content (AvgIpc) is 2.77. The van der Waals surface area contributed by atoms with Gasteiger partial charge < -0.3 is 10.6 Å². The minimum absolute atomic E-state index is 0.00970. The van der Waals surface area contributed by atoms with Gasteiger partial charge in [-0.3, -0.25) is 14.9 Å². The highest BCUT2D eigenvalue weighted by Crippen LogP contribution is 2.22. The second kappa shape index (κ2) is 7.07. The lowest BCUT2D eigenvalue weighted by Gasteiger charge is -2.07. The van der Waals surface area contributed by atoms with E-state index in [1.807, 2.05) is 13.8 Å². The van der Waals surface area contributed by atoms with Crippen molar-refractivity contribution in [2.45, 2.75) is 20.4 Å². The number of nitrogens with one attached hydrogen (secondary N) is 2. The molecule has 0 bridgehead atoms. The molecule has 6 nitrogen and oxygen atoms in total. The van der Waals surface area contributed by atoms with Crippen LogP contribution >= 0.6 is 11.3 Å². The van der Waals surface area contributed by atoms with Crippen LogP contribution in [-0.4, -0.2) is 23.9 Å². The van der Waals surface area contributed by atoms with Crippen molar-refractivity contribution >= 4 is 22.2 Å². The van der Waals surface area contributed by atoms with Gasteiger partial charge in [0.05, 0.1) is 4.92 Å². The first-order valence-corrected chi connectivity index (χ1v) is 6.59. The van der Waals surface area contributed by atoms with Gasteiger partial charge in [-0.2, -0.15) is 0 Å². The maximum absolute atomic E-state index is 11.2. The number of carbonyl (C=O) groups is 1. The lowest BCUT2D eigenvalue weighted by atomic mass is 10.2. The molecule has 0 fully saturated rings. The van der Waals surface area contributed by atoms with Crippen LogP contribution in [0.4, 0.5) is 5.00 Å². The number of nitro groups is 1. The van der Waals surface area contributed by atoms with E-state index in [-0.39, 0.29) is 16.8 Å². The Morgan fingerprint density at radius 2 is 2.22 bits per heavy atom. The maximum Gasteiger partial charge on any atom is 0.324 e. The van der Waals surface area contributed by atoms with E-state index in [0.29, 0.717) is 19.6 Å². The molecule has 0 radical (unpaired) electrons. The van der Waals surface area contributed by atoms with E-state index < -0.39 is 4.92 Å². The molecule has 18 heavy (non-hydrogen) atoms. The maximum atomic E-state index is 11.2. The molecule has 0 saturated heterocycles. The second-order valence-electron chi connectivity index (χ2n) is 4.17. The molecule has 1 aromatic rings. The van der Waals surface area contributed by atoms with E-state index in [1.165, 1.54) is 0 Å². The van der Waals surface area contributed by atoms with E-state index >= 15 is 0 Å². The summed E-state index contributed by atoms with van der Waals surface area (Å²) in [6.07, 6.45) is 0. The zero-order chi connectivity index (χ0) is 13.5. The Labute approximate surface area is 110 Å². The summed E-state index contributed by atoms with van der Waals surface area (Å²) in [7, 11) is 0. The SMILES string of the molecule is CC(C)C(=O)NCCNCc1csc([N+](=O)[O-])c1. The van der Waals surface area contributed by atoms with Gasteiger partial charge in [0.15, 0.2) is 0 Å². The van der Waals surface area contributed by atoms with Crippen LogP contribution in [0.2, 0.25) is 0 Å². The minimum atomic E-state index is -0.392. The van der Waals surface area contributed by atoms with Crippen LogP contribution in [0.15, 0.2) is 11.4 Å². The highest BCUT2D eigenvalue weighted by Gasteiger charge is 2.09. The largest absolute Gasteiger partial charge is 0.355 e. The van der Waals surface area contributed by atoms with Gasteiger partial charge in [-0.1, -0.05) is 25.2 Å². The van der Waals surface area contributed by atoms with Crippen LogP contribution in [0.1, 0.15) is 19.4 Å². The fraction of sp³-hybridized carbons (Fsp3) is 0.545. The Morgan fingerprint density at radius 3 is 2.78 bits per heavy atom. The highest BCUT2D eigenvalue weighted by atomic mass is 32.1. The Morgan fingerprint density at radius 1 is 1.50 bits per heavy atom. The lowest BCUT2D eigenvalue weighted by Crippen LogP contribution is -2.34. The molecule has 1 aromatic heterocycles. The number of hydrogen-bond donors (Lipinski definition) is 2. The third kappa shape index (κ3) is 4.80. The zero-order valence-corrected chi connectivity index (χ0v) is 11.3. The Kier molecular flexibility index (Phi) is 5.73. The van der Waals surface area contributed by atoms with Crippen molar-refractivity contribution in [3.63, 3.8) is 0 Å². The van der Waals surface area contributed by atoms with Crippen molar-refractivity contribution in [1.82, 2.24) is 10.6 Å². The van der Waals surface area contributed by atoms with E-state index in [4.69, 9.17) is 0 Å². The number of amides is 1. The van der Waals surface area contributed by atoms with E-state index in [0.717, 1.165) is 16.9 Å². The van der Waals surface area contributed by atoms with Crippen LogP contribution in [-0.2, 0) is 11.3 Å². The number of rotatable bonds is 7. The van der Waals surface area contributed by atoms with Gasteiger partial charge in [-0.05, 0) is 5.56 Å². The van der Waals surface area contributed by atoms with Crippen molar-refractivity contribution in [1.29, 1.82) is 0 Å². The molecule has 0 unspecified atom stereocenters. The van der Waals surface area contributed by atoms with Crippen LogP contribution in [0.5, 0.6) is 0 Å². The standard InChI is InChI=1S/C11H17N3O3S/c1-8(2)11(15)13-4-3-12-6-9-5-10(14(16)17)18-7-9/h5,7-8,12H,3-4,6H2,1-2H3,(H,13,15). The van der Waals surface area contributed by atoms with Crippen molar-refractivity contribution in [3.8, 4) is 0 Å². The summed E-state index contributed by atoms with van der Waals surface area (Å²) in [4.78, 5) is 21.3. The van der Waals surface area contributed by atoms with Gasteiger partial charge in [0, 0.05) is 37.0 Å². The fourth-order valence-corrected chi connectivity index (χ4v) is 1.99. The van der Waals surface area contributed by atoms with Gasteiger partial charge in [-0.15, -0.1) is 0 Å². The first kappa shape index (κ1) is 14.6. The summed E-state index contributed by atoms with van der Waals surface area (Å²) in [6, 6.07) is 1.56. The molecule has 0 spiro atoms. The Bertz CT molecular complexity index is 417. The summed E-state index contributed by atoms with van der Waals surface area (Å²) >= 11 is 1.12. The molecule has 100 valence electrons. The first-order chi connectivity index (χ1) is 8.50. The first-order valence-electron chi connectivity index (χ1n) is 5.71. The topological polar surface area (TPSA) is 84.3 Å². The molecule has 0 aliphatic carbocycles. The molecule has 1 heterocycles.